The molecule has 6 nitrogen and oxygen atoms in total. The van der Waals surface area contributed by atoms with Crippen LogP contribution in [0.2, 0.25) is 0 Å². The van der Waals surface area contributed by atoms with Crippen LogP contribution >= 0.6 is 24.0 Å². The molecule has 0 radical (unpaired) electrons. The summed E-state index contributed by atoms with van der Waals surface area (Å²) in [6.45, 7) is 2.30. The van der Waals surface area contributed by atoms with Gasteiger partial charge in [-0.3, -0.25) is 9.79 Å². The minimum absolute atomic E-state index is 0. The number of ether oxygens (including phenoxy) is 1. The minimum atomic E-state index is 0. The summed E-state index contributed by atoms with van der Waals surface area (Å²) in [5.74, 6) is 2.24. The van der Waals surface area contributed by atoms with Gasteiger partial charge >= 0.3 is 0 Å². The maximum atomic E-state index is 12.7. The largest absolute Gasteiger partial charge is 0.497 e. The van der Waals surface area contributed by atoms with E-state index >= 15 is 0 Å². The Balaban J connectivity index is 0.00000280. The van der Waals surface area contributed by atoms with Crippen molar-refractivity contribution >= 4 is 35.8 Å². The maximum Gasteiger partial charge on any atom is 0.225 e. The average Bonchev–Trinajstić information content (AvgIpc) is 3.19. The number of halogens is 1. The van der Waals surface area contributed by atoms with E-state index in [-0.39, 0.29) is 35.9 Å². The molecular weight excluding hydrogens is 467 g/mol. The zero-order chi connectivity index (χ0) is 19.1. The van der Waals surface area contributed by atoms with Crippen molar-refractivity contribution in [3.63, 3.8) is 0 Å². The lowest BCUT2D eigenvalue weighted by molar-refractivity contribution is -0.135. The summed E-state index contributed by atoms with van der Waals surface area (Å²) < 4.78 is 5.27. The highest BCUT2D eigenvalue weighted by Gasteiger charge is 2.31. The second-order valence-electron chi connectivity index (χ2n) is 7.53. The van der Waals surface area contributed by atoms with Crippen molar-refractivity contribution in [3.05, 3.63) is 29.8 Å². The molecule has 3 rings (SSSR count). The predicted molar refractivity (Wildman–Crippen MR) is 123 cm³/mol. The molecule has 1 saturated carbocycles. The molecule has 2 N–H and O–H groups in total. The summed E-state index contributed by atoms with van der Waals surface area (Å²) >= 11 is 0. The molecule has 0 bridgehead atoms. The van der Waals surface area contributed by atoms with E-state index in [1.165, 1.54) is 19.3 Å². The van der Waals surface area contributed by atoms with Gasteiger partial charge in [-0.05, 0) is 37.0 Å². The van der Waals surface area contributed by atoms with Gasteiger partial charge in [0.25, 0.3) is 0 Å². The standard InChI is InChI=1S/C21H32N4O2.HI/c1-22-21(23-14-16-7-6-10-19(13-16)27-2)24-18-11-12-25(15-18)20(26)17-8-4-3-5-9-17;/h6-7,10,13,17-18H,3-5,8-9,11-12,14-15H2,1-2H3,(H2,22,23,24);1H. The Bertz CT molecular complexity index is 662. The third kappa shape index (κ3) is 6.25. The summed E-state index contributed by atoms with van der Waals surface area (Å²) in [7, 11) is 3.45. The molecule has 1 aliphatic heterocycles. The number of aliphatic imine (C=N–C) groups is 1. The van der Waals surface area contributed by atoms with E-state index in [4.69, 9.17) is 4.74 Å². The van der Waals surface area contributed by atoms with Gasteiger partial charge in [-0.25, -0.2) is 0 Å². The molecule has 1 aromatic carbocycles. The van der Waals surface area contributed by atoms with Gasteiger partial charge in [-0.2, -0.15) is 0 Å². The van der Waals surface area contributed by atoms with Gasteiger partial charge in [-0.15, -0.1) is 24.0 Å². The van der Waals surface area contributed by atoms with Crippen LogP contribution in [0.3, 0.4) is 0 Å². The van der Waals surface area contributed by atoms with E-state index in [0.29, 0.717) is 12.5 Å². The first-order valence-electron chi connectivity index (χ1n) is 10.1. The van der Waals surface area contributed by atoms with Gasteiger partial charge in [0.1, 0.15) is 5.75 Å². The van der Waals surface area contributed by atoms with Gasteiger partial charge in [0, 0.05) is 38.6 Å². The number of nitrogens with zero attached hydrogens (tertiary/aromatic N) is 2. The monoisotopic (exact) mass is 500 g/mol. The van der Waals surface area contributed by atoms with E-state index in [0.717, 1.165) is 49.6 Å². The minimum Gasteiger partial charge on any atom is -0.497 e. The lowest BCUT2D eigenvalue weighted by Gasteiger charge is -2.26. The van der Waals surface area contributed by atoms with E-state index < -0.39 is 0 Å². The lowest BCUT2D eigenvalue weighted by atomic mass is 9.88. The van der Waals surface area contributed by atoms with Crippen molar-refractivity contribution in [2.45, 2.75) is 51.1 Å². The number of carbonyl (C=O) groups excluding carboxylic acids is 1. The van der Waals surface area contributed by atoms with Crippen molar-refractivity contribution in [2.24, 2.45) is 10.9 Å². The van der Waals surface area contributed by atoms with Gasteiger partial charge in [0.2, 0.25) is 5.91 Å². The molecule has 2 fully saturated rings. The molecule has 28 heavy (non-hydrogen) atoms. The lowest BCUT2D eigenvalue weighted by Crippen LogP contribution is -2.45. The third-order valence-electron chi connectivity index (χ3n) is 5.61. The molecule has 2 aliphatic rings. The molecule has 1 aliphatic carbocycles. The quantitative estimate of drug-likeness (QED) is 0.371. The zero-order valence-electron chi connectivity index (χ0n) is 16.9. The Kier molecular flexibility index (Phi) is 9.34. The maximum absolute atomic E-state index is 12.7. The van der Waals surface area contributed by atoms with Gasteiger partial charge in [0.05, 0.1) is 7.11 Å². The molecule has 1 unspecified atom stereocenters. The van der Waals surface area contributed by atoms with Crippen LogP contribution in [0.1, 0.15) is 44.1 Å². The molecule has 7 heteroatoms. The van der Waals surface area contributed by atoms with Crippen molar-refractivity contribution < 1.29 is 9.53 Å². The smallest absolute Gasteiger partial charge is 0.225 e. The molecule has 1 heterocycles. The molecule has 156 valence electrons. The van der Waals surface area contributed by atoms with Crippen LogP contribution in [0.5, 0.6) is 5.75 Å². The summed E-state index contributed by atoms with van der Waals surface area (Å²) in [5, 5.41) is 6.82. The molecule has 0 aromatic heterocycles. The van der Waals surface area contributed by atoms with E-state index in [9.17, 15) is 4.79 Å². The van der Waals surface area contributed by atoms with Crippen molar-refractivity contribution in [1.82, 2.24) is 15.5 Å². The third-order valence-corrected chi connectivity index (χ3v) is 5.61. The first-order valence-corrected chi connectivity index (χ1v) is 10.1. The summed E-state index contributed by atoms with van der Waals surface area (Å²) in [4.78, 5) is 19.1. The van der Waals surface area contributed by atoms with Crippen LogP contribution < -0.4 is 15.4 Å². The number of likely N-dealkylation sites (tertiary alicyclic amines) is 1. The Labute approximate surface area is 185 Å². The van der Waals surface area contributed by atoms with Gasteiger partial charge in [0.15, 0.2) is 5.96 Å². The fourth-order valence-electron chi connectivity index (χ4n) is 4.04. The number of benzene rings is 1. The second kappa shape index (κ2) is 11.5. The molecule has 0 spiro atoms. The van der Waals surface area contributed by atoms with Crippen LogP contribution in [0.25, 0.3) is 0 Å². The van der Waals surface area contributed by atoms with Gasteiger partial charge < -0.3 is 20.3 Å². The SMILES string of the molecule is CN=C(NCc1cccc(OC)c1)NC1CCN(C(=O)C2CCCCC2)C1.I. The molecule has 1 atom stereocenters. The number of hydrogen-bond acceptors (Lipinski definition) is 3. The first kappa shape index (κ1) is 22.8. The zero-order valence-corrected chi connectivity index (χ0v) is 19.3. The Morgan fingerprint density at radius 3 is 2.75 bits per heavy atom. The Morgan fingerprint density at radius 1 is 1.25 bits per heavy atom. The average molecular weight is 500 g/mol. The van der Waals surface area contributed by atoms with E-state index in [2.05, 4.69) is 21.7 Å². The number of guanidine groups is 1. The molecule has 1 aromatic rings. The number of methoxy groups -OCH3 is 1. The van der Waals surface area contributed by atoms with Crippen LogP contribution in [0.15, 0.2) is 29.3 Å². The highest BCUT2D eigenvalue weighted by Crippen LogP contribution is 2.26. The van der Waals surface area contributed by atoms with E-state index in [1.807, 2.05) is 23.1 Å². The highest BCUT2D eigenvalue weighted by atomic mass is 127. The normalized spacial score (nSPS) is 20.4. The summed E-state index contributed by atoms with van der Waals surface area (Å²) in [6.07, 6.45) is 6.79. The van der Waals surface area contributed by atoms with Crippen molar-refractivity contribution in [1.29, 1.82) is 0 Å². The number of carbonyl (C=O) groups is 1. The topological polar surface area (TPSA) is 66.0 Å². The number of amides is 1. The number of rotatable bonds is 5. The molecule has 1 saturated heterocycles. The molecule has 1 amide bonds. The van der Waals surface area contributed by atoms with E-state index in [1.54, 1.807) is 14.2 Å². The predicted octanol–water partition coefficient (Wildman–Crippen LogP) is 3.16. The Morgan fingerprint density at radius 2 is 2.04 bits per heavy atom. The van der Waals surface area contributed by atoms with Crippen LogP contribution in [0, 0.1) is 5.92 Å². The van der Waals surface area contributed by atoms with Crippen LogP contribution in [-0.4, -0.2) is 50.1 Å². The fourth-order valence-corrected chi connectivity index (χ4v) is 4.04. The first-order chi connectivity index (χ1) is 13.2. The second-order valence-corrected chi connectivity index (χ2v) is 7.53. The molecular formula is C21H33IN4O2. The van der Waals surface area contributed by atoms with Crippen molar-refractivity contribution in [3.8, 4) is 5.75 Å². The number of hydrogen-bond donors (Lipinski definition) is 2. The summed E-state index contributed by atoms with van der Waals surface area (Å²) in [5.41, 5.74) is 1.14. The fraction of sp³-hybridized carbons (Fsp3) is 0.619. The summed E-state index contributed by atoms with van der Waals surface area (Å²) in [6, 6.07) is 8.25. The number of nitrogens with one attached hydrogen (secondary N) is 2. The van der Waals surface area contributed by atoms with Crippen LogP contribution in [0.4, 0.5) is 0 Å². The van der Waals surface area contributed by atoms with Gasteiger partial charge in [-0.1, -0.05) is 31.4 Å². The Hall–Kier alpha value is -1.51. The van der Waals surface area contributed by atoms with Crippen LogP contribution in [-0.2, 0) is 11.3 Å². The highest BCUT2D eigenvalue weighted by molar-refractivity contribution is 14.0. The van der Waals surface area contributed by atoms with Crippen molar-refractivity contribution in [2.75, 3.05) is 27.2 Å².